The molecule has 20 heavy (non-hydrogen) atoms. The Labute approximate surface area is 117 Å². The molecule has 0 aromatic heterocycles. The minimum absolute atomic E-state index is 0.135. The Morgan fingerprint density at radius 1 is 1.50 bits per heavy atom. The number of ether oxygens (including phenoxy) is 1. The van der Waals surface area contributed by atoms with Crippen LogP contribution in [0.25, 0.3) is 5.53 Å². The van der Waals surface area contributed by atoms with Gasteiger partial charge in [-0.1, -0.05) is 6.07 Å². The van der Waals surface area contributed by atoms with Gasteiger partial charge in [0, 0.05) is 13.3 Å². The van der Waals surface area contributed by atoms with Crippen molar-refractivity contribution in [3.8, 4) is 5.75 Å². The molecule has 0 radical (unpaired) electrons. The maximum Gasteiger partial charge on any atom is 0.323 e. The van der Waals surface area contributed by atoms with Gasteiger partial charge in [-0.3, -0.25) is 9.59 Å². The summed E-state index contributed by atoms with van der Waals surface area (Å²) in [6.45, 7) is 1.37. The Balaban J connectivity index is 2.21. The lowest BCUT2D eigenvalue weighted by atomic mass is 9.80. The summed E-state index contributed by atoms with van der Waals surface area (Å²) >= 11 is 0. The van der Waals surface area contributed by atoms with Crippen LogP contribution in [0, 0.1) is 0 Å². The summed E-state index contributed by atoms with van der Waals surface area (Å²) in [4.78, 5) is 25.3. The summed E-state index contributed by atoms with van der Waals surface area (Å²) in [5.74, 6) is 0.150. The molecule has 0 saturated carbocycles. The van der Waals surface area contributed by atoms with E-state index in [1.807, 2.05) is 12.1 Å². The maximum atomic E-state index is 11.6. The molecule has 104 valence electrons. The van der Waals surface area contributed by atoms with Gasteiger partial charge in [0.15, 0.2) is 0 Å². The van der Waals surface area contributed by atoms with Crippen LogP contribution in [0.2, 0.25) is 0 Å². The first-order chi connectivity index (χ1) is 9.60. The van der Waals surface area contributed by atoms with E-state index in [0.29, 0.717) is 12.2 Å². The highest BCUT2D eigenvalue weighted by molar-refractivity contribution is 6.25. The van der Waals surface area contributed by atoms with Crippen molar-refractivity contribution in [2.24, 2.45) is 0 Å². The normalized spacial score (nSPS) is 16.8. The molecule has 1 atom stereocenters. The van der Waals surface area contributed by atoms with E-state index in [1.165, 1.54) is 6.92 Å². The van der Waals surface area contributed by atoms with Crippen LogP contribution in [-0.2, 0) is 16.0 Å². The molecule has 1 aromatic carbocycles. The fourth-order valence-corrected chi connectivity index (χ4v) is 2.69. The quantitative estimate of drug-likeness (QED) is 0.277. The number of carbonyl (C=O) groups is 2. The number of carbonyl (C=O) groups excluding carboxylic acids is 2. The number of rotatable bonds is 4. The monoisotopic (exact) mass is 272 g/mol. The topological polar surface area (TPSA) is 79.8 Å². The highest BCUT2D eigenvalue weighted by atomic mass is 16.5. The van der Waals surface area contributed by atoms with Crippen molar-refractivity contribution in [3.05, 3.63) is 34.9 Å². The summed E-state index contributed by atoms with van der Waals surface area (Å²) in [6.07, 6.45) is 4.13. The zero-order valence-electron chi connectivity index (χ0n) is 11.3. The Bertz CT molecular complexity index is 589. The third-order valence-corrected chi connectivity index (χ3v) is 3.46. The van der Waals surface area contributed by atoms with Crippen molar-refractivity contribution >= 4 is 18.0 Å². The van der Waals surface area contributed by atoms with Crippen LogP contribution in [0.3, 0.4) is 0 Å². The van der Waals surface area contributed by atoms with Crippen LogP contribution < -0.4 is 4.74 Å². The van der Waals surface area contributed by atoms with Crippen LogP contribution in [-0.4, -0.2) is 22.8 Å². The molecule has 0 N–H and O–H groups in total. The maximum absolute atomic E-state index is 11.6. The number of hydrogen-bond acceptors (Lipinski definition) is 3. The van der Waals surface area contributed by atoms with Crippen molar-refractivity contribution in [2.45, 2.75) is 38.5 Å². The first-order valence-electron chi connectivity index (χ1n) is 6.61. The second-order valence-electron chi connectivity index (χ2n) is 4.96. The number of nitrogens with zero attached hydrogens (tertiary/aromatic N) is 2. The highest BCUT2D eigenvalue weighted by Crippen LogP contribution is 2.35. The molecule has 0 fully saturated rings. The van der Waals surface area contributed by atoms with Crippen molar-refractivity contribution in [3.63, 3.8) is 0 Å². The van der Waals surface area contributed by atoms with Gasteiger partial charge in [0.1, 0.15) is 5.75 Å². The van der Waals surface area contributed by atoms with Crippen LogP contribution in [0.15, 0.2) is 18.2 Å². The minimum Gasteiger partial charge on any atom is -0.427 e. The Kier molecular flexibility index (Phi) is 4.43. The van der Waals surface area contributed by atoms with Crippen LogP contribution in [0.5, 0.6) is 5.75 Å². The molecular weight excluding hydrogens is 256 g/mol. The van der Waals surface area contributed by atoms with E-state index in [9.17, 15) is 9.59 Å². The second-order valence-corrected chi connectivity index (χ2v) is 4.96. The van der Waals surface area contributed by atoms with Crippen molar-refractivity contribution < 1.29 is 19.1 Å². The average Bonchev–Trinajstić information content (AvgIpc) is 2.38. The van der Waals surface area contributed by atoms with Crippen molar-refractivity contribution in [1.29, 1.82) is 0 Å². The van der Waals surface area contributed by atoms with E-state index >= 15 is 0 Å². The van der Waals surface area contributed by atoms with Gasteiger partial charge < -0.3 is 10.3 Å². The Morgan fingerprint density at radius 3 is 3.00 bits per heavy atom. The molecule has 1 unspecified atom stereocenters. The number of ketones is 1. The van der Waals surface area contributed by atoms with E-state index in [0.717, 1.165) is 36.6 Å². The molecule has 0 saturated heterocycles. The van der Waals surface area contributed by atoms with E-state index in [2.05, 4.69) is 4.79 Å². The molecular formula is C15H16N2O3. The first kappa shape index (κ1) is 14.2. The molecule has 0 bridgehead atoms. The standard InChI is InChI=1S/C15H16N2O3/c1-10(18)20-14-5-6-15-11(7-13(19)9-17-16)3-2-4-12(15)8-14/h5-6,8-9,11H,2-4,7H2,1H3. The fourth-order valence-electron chi connectivity index (χ4n) is 2.69. The van der Waals surface area contributed by atoms with Crippen LogP contribution in [0.1, 0.15) is 43.2 Å². The lowest BCUT2D eigenvalue weighted by Crippen LogP contribution is -2.15. The molecule has 1 aromatic rings. The summed E-state index contributed by atoms with van der Waals surface area (Å²) in [6, 6.07) is 5.54. The summed E-state index contributed by atoms with van der Waals surface area (Å²) in [5.41, 5.74) is 10.6. The molecule has 5 nitrogen and oxygen atoms in total. The van der Waals surface area contributed by atoms with Gasteiger partial charge in [0.25, 0.3) is 0 Å². The van der Waals surface area contributed by atoms with Gasteiger partial charge in [0.05, 0.1) is 0 Å². The van der Waals surface area contributed by atoms with Gasteiger partial charge in [0.2, 0.25) is 5.78 Å². The average molecular weight is 272 g/mol. The molecule has 1 aliphatic carbocycles. The summed E-state index contributed by atoms with van der Waals surface area (Å²) in [5, 5.41) is 0. The van der Waals surface area contributed by atoms with Gasteiger partial charge >= 0.3 is 12.2 Å². The number of benzene rings is 1. The van der Waals surface area contributed by atoms with Gasteiger partial charge in [-0.2, -0.15) is 4.79 Å². The number of hydrogen-bond donors (Lipinski definition) is 0. The number of aryl methyl sites for hydroxylation is 1. The van der Waals surface area contributed by atoms with E-state index in [1.54, 1.807) is 6.07 Å². The third kappa shape index (κ3) is 3.39. The highest BCUT2D eigenvalue weighted by Gasteiger charge is 2.23. The number of Topliss-reactive ketones (excluding diaryl/α,β-unsaturated/α-hetero) is 1. The molecule has 0 spiro atoms. The van der Waals surface area contributed by atoms with Gasteiger partial charge in [-0.15, -0.1) is 0 Å². The lowest BCUT2D eigenvalue weighted by molar-refractivity contribution is -0.131. The smallest absolute Gasteiger partial charge is 0.323 e. The SMILES string of the molecule is CC(=O)Oc1ccc2c(c1)CCCC2CC(=O)C=[N+]=[N-]. The molecule has 0 heterocycles. The summed E-state index contributed by atoms with van der Waals surface area (Å²) < 4.78 is 5.08. The predicted octanol–water partition coefficient (Wildman–Crippen LogP) is 2.29. The molecule has 1 aliphatic rings. The van der Waals surface area contributed by atoms with Crippen LogP contribution >= 0.6 is 0 Å². The second kappa shape index (κ2) is 6.26. The Morgan fingerprint density at radius 2 is 2.30 bits per heavy atom. The van der Waals surface area contributed by atoms with E-state index in [-0.39, 0.29) is 17.7 Å². The molecule has 2 rings (SSSR count). The Hall–Kier alpha value is -2.26. The van der Waals surface area contributed by atoms with E-state index < -0.39 is 0 Å². The van der Waals surface area contributed by atoms with Crippen molar-refractivity contribution in [1.82, 2.24) is 0 Å². The van der Waals surface area contributed by atoms with Gasteiger partial charge in [-0.05, 0) is 48.4 Å². The predicted molar refractivity (Wildman–Crippen MR) is 72.7 cm³/mol. The van der Waals surface area contributed by atoms with Crippen LogP contribution in [0.4, 0.5) is 0 Å². The lowest BCUT2D eigenvalue weighted by Gasteiger charge is -2.24. The molecule has 0 aliphatic heterocycles. The first-order valence-corrected chi connectivity index (χ1v) is 6.61. The fraction of sp³-hybridized carbons (Fsp3) is 0.400. The largest absolute Gasteiger partial charge is 0.427 e. The summed E-state index contributed by atoms with van der Waals surface area (Å²) in [7, 11) is 0. The zero-order chi connectivity index (χ0) is 14.5. The third-order valence-electron chi connectivity index (χ3n) is 3.46. The number of esters is 1. The van der Waals surface area contributed by atoms with Gasteiger partial charge in [-0.25, -0.2) is 0 Å². The van der Waals surface area contributed by atoms with Crippen molar-refractivity contribution in [2.75, 3.05) is 0 Å². The van der Waals surface area contributed by atoms with E-state index in [4.69, 9.17) is 10.3 Å². The zero-order valence-corrected chi connectivity index (χ0v) is 11.3. The minimum atomic E-state index is -0.341. The number of fused-ring (bicyclic) bond motifs is 1. The molecule has 0 amide bonds. The molecule has 5 heteroatoms.